The zero-order valence-electron chi connectivity index (χ0n) is 15.6. The molecule has 2 unspecified atom stereocenters. The van der Waals surface area contributed by atoms with Gasteiger partial charge in [0, 0.05) is 46.2 Å². The molecule has 1 aromatic rings. The van der Waals surface area contributed by atoms with Crippen LogP contribution in [0.1, 0.15) is 25.8 Å². The van der Waals surface area contributed by atoms with Crippen LogP contribution in [0.5, 0.6) is 0 Å². The second-order valence-corrected chi connectivity index (χ2v) is 7.12. The normalized spacial score (nSPS) is 22.1. The molecule has 1 aliphatic carbocycles. The van der Waals surface area contributed by atoms with E-state index in [9.17, 15) is 14.4 Å². The molecular weight excluding hydrogens is 330 g/mol. The number of benzene rings is 1. The Hall–Kier alpha value is -2.37. The third kappa shape index (κ3) is 4.06. The highest BCUT2D eigenvalue weighted by molar-refractivity contribution is 5.92. The number of hydrogen-bond donors (Lipinski definition) is 0. The van der Waals surface area contributed by atoms with E-state index >= 15 is 0 Å². The van der Waals surface area contributed by atoms with Gasteiger partial charge in [-0.2, -0.15) is 0 Å². The number of nitrogens with zero attached hydrogens (tertiary/aromatic N) is 3. The fraction of sp³-hybridized carbons (Fsp3) is 0.550. The topological polar surface area (TPSA) is 60.9 Å². The lowest BCUT2D eigenvalue weighted by molar-refractivity contribution is -0.141. The monoisotopic (exact) mass is 357 g/mol. The number of piperazine rings is 1. The second kappa shape index (κ2) is 7.89. The van der Waals surface area contributed by atoms with Crippen LogP contribution in [0.4, 0.5) is 0 Å². The molecule has 0 aromatic heterocycles. The van der Waals surface area contributed by atoms with Gasteiger partial charge in [-0.05, 0) is 18.9 Å². The number of carbonyl (C=O) groups is 3. The molecule has 26 heavy (non-hydrogen) atoms. The maximum atomic E-state index is 12.8. The van der Waals surface area contributed by atoms with E-state index in [1.807, 2.05) is 47.1 Å². The summed E-state index contributed by atoms with van der Waals surface area (Å²) in [7, 11) is 0. The lowest BCUT2D eigenvalue weighted by Crippen LogP contribution is -2.50. The van der Waals surface area contributed by atoms with Gasteiger partial charge in [-0.3, -0.25) is 14.4 Å². The molecule has 1 aliphatic heterocycles. The standard InChI is InChI=1S/C20H27N3O3/c1-3-21(14-16-7-5-4-6-8-16)19(25)17-13-18(17)20(26)23-11-9-22(10-12-23)15(2)24/h4-8,17-18H,3,9-14H2,1-2H3. The van der Waals surface area contributed by atoms with Gasteiger partial charge in [0.1, 0.15) is 0 Å². The maximum Gasteiger partial charge on any atom is 0.226 e. The summed E-state index contributed by atoms with van der Waals surface area (Å²) in [5.41, 5.74) is 1.10. The van der Waals surface area contributed by atoms with E-state index in [1.165, 1.54) is 0 Å². The fourth-order valence-electron chi connectivity index (χ4n) is 3.60. The van der Waals surface area contributed by atoms with Crippen molar-refractivity contribution in [1.82, 2.24) is 14.7 Å². The smallest absolute Gasteiger partial charge is 0.226 e. The van der Waals surface area contributed by atoms with Gasteiger partial charge in [-0.1, -0.05) is 30.3 Å². The number of rotatable bonds is 5. The first kappa shape index (κ1) is 18.4. The molecule has 1 saturated carbocycles. The molecule has 2 fully saturated rings. The van der Waals surface area contributed by atoms with Gasteiger partial charge >= 0.3 is 0 Å². The van der Waals surface area contributed by atoms with Crippen LogP contribution in [0, 0.1) is 11.8 Å². The average Bonchev–Trinajstić information content (AvgIpc) is 3.46. The van der Waals surface area contributed by atoms with Crippen molar-refractivity contribution in [2.75, 3.05) is 32.7 Å². The van der Waals surface area contributed by atoms with Crippen molar-refractivity contribution in [3.05, 3.63) is 35.9 Å². The summed E-state index contributed by atoms with van der Waals surface area (Å²) in [6, 6.07) is 9.93. The van der Waals surface area contributed by atoms with Crippen molar-refractivity contribution < 1.29 is 14.4 Å². The summed E-state index contributed by atoms with van der Waals surface area (Å²) in [5.74, 6) is -0.163. The van der Waals surface area contributed by atoms with E-state index in [2.05, 4.69) is 0 Å². The van der Waals surface area contributed by atoms with Crippen LogP contribution < -0.4 is 0 Å². The van der Waals surface area contributed by atoms with Crippen molar-refractivity contribution in [1.29, 1.82) is 0 Å². The van der Waals surface area contributed by atoms with E-state index in [1.54, 1.807) is 11.8 Å². The highest BCUT2D eigenvalue weighted by Crippen LogP contribution is 2.41. The van der Waals surface area contributed by atoms with Crippen LogP contribution in [0.15, 0.2) is 30.3 Å². The molecule has 2 aliphatic rings. The quantitative estimate of drug-likeness (QED) is 0.799. The van der Waals surface area contributed by atoms with Gasteiger partial charge in [0.05, 0.1) is 11.8 Å². The summed E-state index contributed by atoms with van der Waals surface area (Å²) >= 11 is 0. The summed E-state index contributed by atoms with van der Waals surface area (Å²) < 4.78 is 0. The van der Waals surface area contributed by atoms with Crippen LogP contribution >= 0.6 is 0 Å². The number of carbonyl (C=O) groups excluding carboxylic acids is 3. The third-order valence-electron chi connectivity index (χ3n) is 5.37. The highest BCUT2D eigenvalue weighted by atomic mass is 16.2. The van der Waals surface area contributed by atoms with Crippen molar-refractivity contribution in [3.8, 4) is 0 Å². The van der Waals surface area contributed by atoms with E-state index in [0.29, 0.717) is 45.7 Å². The Morgan fingerprint density at radius 1 is 1.00 bits per heavy atom. The largest absolute Gasteiger partial charge is 0.339 e. The van der Waals surface area contributed by atoms with E-state index in [-0.39, 0.29) is 29.6 Å². The van der Waals surface area contributed by atoms with Crippen LogP contribution in [0.2, 0.25) is 0 Å². The molecule has 3 amide bonds. The van der Waals surface area contributed by atoms with Crippen molar-refractivity contribution in [2.45, 2.75) is 26.8 Å². The first-order valence-electron chi connectivity index (χ1n) is 9.38. The van der Waals surface area contributed by atoms with Gasteiger partial charge in [0.2, 0.25) is 17.7 Å². The summed E-state index contributed by atoms with van der Waals surface area (Å²) in [6.07, 6.45) is 0.649. The average molecular weight is 357 g/mol. The summed E-state index contributed by atoms with van der Waals surface area (Å²) in [6.45, 7) is 7.06. The molecule has 0 radical (unpaired) electrons. The second-order valence-electron chi connectivity index (χ2n) is 7.12. The first-order valence-corrected chi connectivity index (χ1v) is 9.38. The predicted octanol–water partition coefficient (Wildman–Crippen LogP) is 1.36. The first-order chi connectivity index (χ1) is 12.5. The Labute approximate surface area is 154 Å². The minimum Gasteiger partial charge on any atom is -0.339 e. The molecule has 2 atom stereocenters. The summed E-state index contributed by atoms with van der Waals surface area (Å²) in [4.78, 5) is 42.3. The van der Waals surface area contributed by atoms with Gasteiger partial charge < -0.3 is 14.7 Å². The maximum absolute atomic E-state index is 12.8. The van der Waals surface area contributed by atoms with Crippen molar-refractivity contribution in [2.24, 2.45) is 11.8 Å². The minimum atomic E-state index is -0.184. The lowest BCUT2D eigenvalue weighted by Gasteiger charge is -2.34. The zero-order chi connectivity index (χ0) is 18.7. The van der Waals surface area contributed by atoms with Gasteiger partial charge in [-0.15, -0.1) is 0 Å². The number of hydrogen-bond acceptors (Lipinski definition) is 3. The molecule has 140 valence electrons. The minimum absolute atomic E-state index is 0.0519. The number of amides is 3. The lowest BCUT2D eigenvalue weighted by atomic mass is 10.2. The Morgan fingerprint density at radius 3 is 2.19 bits per heavy atom. The predicted molar refractivity (Wildman–Crippen MR) is 98.0 cm³/mol. The molecule has 6 nitrogen and oxygen atoms in total. The molecular formula is C20H27N3O3. The van der Waals surface area contributed by atoms with Crippen LogP contribution in [0.3, 0.4) is 0 Å². The molecule has 0 spiro atoms. The zero-order valence-corrected chi connectivity index (χ0v) is 15.6. The molecule has 0 N–H and O–H groups in total. The third-order valence-corrected chi connectivity index (χ3v) is 5.37. The van der Waals surface area contributed by atoms with Crippen LogP contribution in [0.25, 0.3) is 0 Å². The van der Waals surface area contributed by atoms with Crippen LogP contribution in [-0.2, 0) is 20.9 Å². The van der Waals surface area contributed by atoms with E-state index in [0.717, 1.165) is 5.56 Å². The molecule has 1 aromatic carbocycles. The Kier molecular flexibility index (Phi) is 5.59. The highest BCUT2D eigenvalue weighted by Gasteiger charge is 2.50. The molecule has 1 heterocycles. The Balaban J connectivity index is 1.53. The van der Waals surface area contributed by atoms with E-state index < -0.39 is 0 Å². The van der Waals surface area contributed by atoms with Crippen molar-refractivity contribution >= 4 is 17.7 Å². The van der Waals surface area contributed by atoms with Gasteiger partial charge in [0.15, 0.2) is 0 Å². The van der Waals surface area contributed by atoms with Gasteiger partial charge in [0.25, 0.3) is 0 Å². The molecule has 6 heteroatoms. The molecule has 3 rings (SSSR count). The van der Waals surface area contributed by atoms with Crippen molar-refractivity contribution in [3.63, 3.8) is 0 Å². The van der Waals surface area contributed by atoms with Gasteiger partial charge in [-0.25, -0.2) is 0 Å². The van der Waals surface area contributed by atoms with E-state index in [4.69, 9.17) is 0 Å². The summed E-state index contributed by atoms with van der Waals surface area (Å²) in [5, 5.41) is 0. The SMILES string of the molecule is CCN(Cc1ccccc1)C(=O)C1CC1C(=O)N1CCN(C(C)=O)CC1. The Morgan fingerprint density at radius 2 is 1.62 bits per heavy atom. The van der Waals surface area contributed by atoms with Crippen LogP contribution in [-0.4, -0.2) is 65.1 Å². The Bertz CT molecular complexity index is 668. The molecule has 0 bridgehead atoms. The fourth-order valence-corrected chi connectivity index (χ4v) is 3.60. The molecule has 1 saturated heterocycles.